The molecule has 90 valence electrons. The van der Waals surface area contributed by atoms with Crippen LogP contribution in [-0.2, 0) is 0 Å². The molecule has 2 nitrogen and oxygen atoms in total. The van der Waals surface area contributed by atoms with Crippen molar-refractivity contribution in [2.45, 2.75) is 12.0 Å². The van der Waals surface area contributed by atoms with Gasteiger partial charge in [0.1, 0.15) is 0 Å². The summed E-state index contributed by atoms with van der Waals surface area (Å²) in [5.41, 5.74) is 6.85. The van der Waals surface area contributed by atoms with Crippen LogP contribution in [0.25, 0.3) is 0 Å². The van der Waals surface area contributed by atoms with E-state index in [9.17, 15) is 5.11 Å². The van der Waals surface area contributed by atoms with E-state index in [1.54, 1.807) is 11.3 Å². The highest BCUT2D eigenvalue weighted by atomic mass is 79.9. The van der Waals surface area contributed by atoms with Gasteiger partial charge in [0.15, 0.2) is 0 Å². The topological polar surface area (TPSA) is 46.2 Å². The first-order valence-corrected chi connectivity index (χ1v) is 7.06. The van der Waals surface area contributed by atoms with Crippen LogP contribution in [-0.4, -0.2) is 11.7 Å². The fraction of sp³-hybridized carbons (Fsp3) is 0.231. The molecular formula is C13H14BrNOS. The Hall–Kier alpha value is -0.680. The van der Waals surface area contributed by atoms with Gasteiger partial charge in [-0.15, -0.1) is 11.3 Å². The minimum absolute atomic E-state index is 0.0539. The summed E-state index contributed by atoms with van der Waals surface area (Å²) < 4.78 is 1.03. The summed E-state index contributed by atoms with van der Waals surface area (Å²) in [6.07, 6.45) is -0.527. The van der Waals surface area contributed by atoms with Crippen LogP contribution in [0.1, 0.15) is 22.5 Å². The van der Waals surface area contributed by atoms with Crippen LogP contribution in [0.5, 0.6) is 0 Å². The lowest BCUT2D eigenvalue weighted by molar-refractivity contribution is 0.151. The van der Waals surface area contributed by atoms with E-state index >= 15 is 0 Å². The van der Waals surface area contributed by atoms with Gasteiger partial charge in [0.2, 0.25) is 0 Å². The molecule has 2 aromatic rings. The lowest BCUT2D eigenvalue weighted by atomic mass is 9.93. The molecule has 2 unspecified atom stereocenters. The van der Waals surface area contributed by atoms with Crippen LogP contribution in [0, 0.1) is 0 Å². The molecule has 0 bridgehead atoms. The van der Waals surface area contributed by atoms with Crippen molar-refractivity contribution in [3.05, 3.63) is 56.7 Å². The minimum Gasteiger partial charge on any atom is -0.387 e. The third-order valence-corrected chi connectivity index (χ3v) is 4.24. The van der Waals surface area contributed by atoms with Gasteiger partial charge in [-0.3, -0.25) is 0 Å². The molecule has 0 aliphatic rings. The van der Waals surface area contributed by atoms with Crippen LogP contribution in [0.3, 0.4) is 0 Å². The van der Waals surface area contributed by atoms with Gasteiger partial charge in [-0.1, -0.05) is 34.1 Å². The second-order valence-electron chi connectivity index (χ2n) is 3.85. The average Bonchev–Trinajstić information content (AvgIpc) is 2.86. The van der Waals surface area contributed by atoms with Gasteiger partial charge < -0.3 is 10.8 Å². The number of rotatable bonds is 4. The van der Waals surface area contributed by atoms with Crippen molar-refractivity contribution in [1.29, 1.82) is 0 Å². The number of hydrogen-bond donors (Lipinski definition) is 2. The predicted molar refractivity (Wildman–Crippen MR) is 75.2 cm³/mol. The lowest BCUT2D eigenvalue weighted by Gasteiger charge is -2.21. The molecule has 2 rings (SSSR count). The molecule has 0 fully saturated rings. The molecule has 0 aliphatic heterocycles. The number of halogens is 1. The van der Waals surface area contributed by atoms with E-state index in [0.717, 1.165) is 14.9 Å². The molecule has 0 radical (unpaired) electrons. The van der Waals surface area contributed by atoms with E-state index in [1.165, 1.54) is 0 Å². The number of hydrogen-bond acceptors (Lipinski definition) is 3. The van der Waals surface area contributed by atoms with Crippen LogP contribution in [0.15, 0.2) is 46.3 Å². The van der Waals surface area contributed by atoms with E-state index < -0.39 is 6.10 Å². The van der Waals surface area contributed by atoms with Crippen LogP contribution in [0.4, 0.5) is 0 Å². The van der Waals surface area contributed by atoms with Crippen molar-refractivity contribution in [3.63, 3.8) is 0 Å². The summed E-state index contributed by atoms with van der Waals surface area (Å²) >= 11 is 4.96. The zero-order valence-corrected chi connectivity index (χ0v) is 11.6. The van der Waals surface area contributed by atoms with Gasteiger partial charge in [-0.25, -0.2) is 0 Å². The first-order valence-electron chi connectivity index (χ1n) is 5.39. The number of thiophene rings is 1. The molecule has 3 N–H and O–H groups in total. The fourth-order valence-electron chi connectivity index (χ4n) is 1.82. The molecule has 4 heteroatoms. The second-order valence-corrected chi connectivity index (χ2v) is 5.75. The Labute approximate surface area is 113 Å². The van der Waals surface area contributed by atoms with E-state index in [1.807, 2.05) is 41.8 Å². The van der Waals surface area contributed by atoms with Crippen LogP contribution >= 0.6 is 27.3 Å². The normalized spacial score (nSPS) is 14.5. The van der Waals surface area contributed by atoms with Crippen LogP contribution < -0.4 is 5.73 Å². The summed E-state index contributed by atoms with van der Waals surface area (Å²) in [5, 5.41) is 12.3. The summed E-state index contributed by atoms with van der Waals surface area (Å²) in [6, 6.07) is 11.8. The highest BCUT2D eigenvalue weighted by Gasteiger charge is 2.22. The van der Waals surface area contributed by atoms with Gasteiger partial charge in [-0.05, 0) is 29.1 Å². The summed E-state index contributed by atoms with van der Waals surface area (Å²) in [4.78, 5) is 0.961. The maximum Gasteiger partial charge on any atom is 0.0962 e. The van der Waals surface area contributed by atoms with Crippen molar-refractivity contribution in [1.82, 2.24) is 0 Å². The van der Waals surface area contributed by atoms with Gasteiger partial charge in [-0.2, -0.15) is 0 Å². The van der Waals surface area contributed by atoms with E-state index in [2.05, 4.69) is 15.9 Å². The van der Waals surface area contributed by atoms with E-state index in [-0.39, 0.29) is 5.92 Å². The summed E-state index contributed by atoms with van der Waals surface area (Å²) in [5.74, 6) is -0.0539. The highest BCUT2D eigenvalue weighted by Crippen LogP contribution is 2.32. The molecule has 0 aliphatic carbocycles. The Kier molecular flexibility index (Phi) is 4.34. The second kappa shape index (κ2) is 5.78. The maximum atomic E-state index is 10.3. The molecule has 17 heavy (non-hydrogen) atoms. The van der Waals surface area contributed by atoms with Crippen molar-refractivity contribution in [3.8, 4) is 0 Å². The minimum atomic E-state index is -0.527. The number of aliphatic hydroxyl groups excluding tert-OH is 1. The SMILES string of the molecule is NCC(c1ccc(Br)cc1)C(O)c1cccs1. The first kappa shape index (κ1) is 12.8. The van der Waals surface area contributed by atoms with Crippen molar-refractivity contribution in [2.75, 3.05) is 6.54 Å². The first-order chi connectivity index (χ1) is 8.22. The molecule has 2 atom stereocenters. The Morgan fingerprint density at radius 1 is 1.24 bits per heavy atom. The quantitative estimate of drug-likeness (QED) is 0.910. The molecule has 0 saturated heterocycles. The largest absolute Gasteiger partial charge is 0.387 e. The van der Waals surface area contributed by atoms with E-state index in [4.69, 9.17) is 5.73 Å². The molecule has 1 aromatic heterocycles. The fourth-order valence-corrected chi connectivity index (χ4v) is 2.85. The van der Waals surface area contributed by atoms with Crippen molar-refractivity contribution >= 4 is 27.3 Å². The summed E-state index contributed by atoms with van der Waals surface area (Å²) in [7, 11) is 0. The molecule has 1 heterocycles. The molecule has 0 spiro atoms. The average molecular weight is 312 g/mol. The van der Waals surface area contributed by atoms with Gasteiger partial charge in [0.25, 0.3) is 0 Å². The van der Waals surface area contributed by atoms with Gasteiger partial charge >= 0.3 is 0 Å². The molecule has 0 amide bonds. The third kappa shape index (κ3) is 2.96. The number of aliphatic hydroxyl groups is 1. The highest BCUT2D eigenvalue weighted by molar-refractivity contribution is 9.10. The third-order valence-electron chi connectivity index (χ3n) is 2.77. The Morgan fingerprint density at radius 2 is 1.94 bits per heavy atom. The summed E-state index contributed by atoms with van der Waals surface area (Å²) in [6.45, 7) is 0.431. The Balaban J connectivity index is 2.24. The molecular weight excluding hydrogens is 298 g/mol. The molecule has 1 aromatic carbocycles. The number of nitrogens with two attached hydrogens (primary N) is 1. The zero-order chi connectivity index (χ0) is 12.3. The lowest BCUT2D eigenvalue weighted by Crippen LogP contribution is -2.19. The monoisotopic (exact) mass is 311 g/mol. The van der Waals surface area contributed by atoms with Gasteiger partial charge in [0, 0.05) is 21.8 Å². The smallest absolute Gasteiger partial charge is 0.0962 e. The van der Waals surface area contributed by atoms with Gasteiger partial charge in [0.05, 0.1) is 6.10 Å². The number of benzene rings is 1. The standard InChI is InChI=1S/C13H14BrNOS/c14-10-5-3-9(4-6-10)11(8-15)13(16)12-2-1-7-17-12/h1-7,11,13,16H,8,15H2. The van der Waals surface area contributed by atoms with Crippen LogP contribution in [0.2, 0.25) is 0 Å². The van der Waals surface area contributed by atoms with Crippen molar-refractivity contribution in [2.24, 2.45) is 5.73 Å². The molecule has 0 saturated carbocycles. The Bertz CT molecular complexity index is 455. The zero-order valence-electron chi connectivity index (χ0n) is 9.21. The maximum absolute atomic E-state index is 10.3. The Morgan fingerprint density at radius 3 is 2.47 bits per heavy atom. The van der Waals surface area contributed by atoms with E-state index in [0.29, 0.717) is 6.54 Å². The van der Waals surface area contributed by atoms with Crippen molar-refractivity contribution < 1.29 is 5.11 Å². The predicted octanol–water partition coefficient (Wildman–Crippen LogP) is 3.29.